The summed E-state index contributed by atoms with van der Waals surface area (Å²) in [7, 11) is 0. The van der Waals surface area contributed by atoms with Gasteiger partial charge in [-0.3, -0.25) is 4.79 Å². The van der Waals surface area contributed by atoms with Gasteiger partial charge in [0.1, 0.15) is 5.41 Å². The Balaban J connectivity index is 2.33. The minimum atomic E-state index is -1.17. The highest BCUT2D eigenvalue weighted by atomic mass is 16.4. The van der Waals surface area contributed by atoms with E-state index in [1.807, 2.05) is 62.4 Å². The van der Waals surface area contributed by atoms with E-state index in [0.29, 0.717) is 11.1 Å². The van der Waals surface area contributed by atoms with Crippen molar-refractivity contribution in [2.75, 3.05) is 10.6 Å². The summed E-state index contributed by atoms with van der Waals surface area (Å²) in [5.74, 6) is 4.28. The standard InChI is InChI=1S/C23H24N2O2/c1-6-16(3)24-20-12-8-18(9-13-20)23(5,22(26)27)19-10-14-21(15-11-19)25-17(4)7-2/h1-2,8-17,24-25H,3-5H3,(H,26,27). The van der Waals surface area contributed by atoms with Crippen molar-refractivity contribution in [1.82, 2.24) is 0 Å². The summed E-state index contributed by atoms with van der Waals surface area (Å²) in [5, 5.41) is 16.3. The maximum absolute atomic E-state index is 12.2. The van der Waals surface area contributed by atoms with Crippen LogP contribution in [0.3, 0.4) is 0 Å². The number of anilines is 2. The summed E-state index contributed by atoms with van der Waals surface area (Å²) < 4.78 is 0. The highest BCUT2D eigenvalue weighted by molar-refractivity contribution is 5.85. The summed E-state index contributed by atoms with van der Waals surface area (Å²) in [5.41, 5.74) is 1.89. The molecule has 2 unspecified atom stereocenters. The molecule has 0 aliphatic carbocycles. The average molecular weight is 360 g/mol. The van der Waals surface area contributed by atoms with E-state index in [0.717, 1.165) is 11.4 Å². The zero-order valence-corrected chi connectivity index (χ0v) is 15.8. The van der Waals surface area contributed by atoms with Crippen molar-refractivity contribution >= 4 is 17.3 Å². The van der Waals surface area contributed by atoms with Crippen LogP contribution in [-0.2, 0) is 10.2 Å². The number of benzene rings is 2. The molecule has 0 saturated heterocycles. The lowest BCUT2D eigenvalue weighted by Crippen LogP contribution is -2.33. The fraction of sp³-hybridized carbons (Fsp3) is 0.261. The number of carboxylic acids is 1. The first-order valence-corrected chi connectivity index (χ1v) is 8.71. The molecule has 0 bridgehead atoms. The third kappa shape index (κ3) is 4.43. The van der Waals surface area contributed by atoms with Crippen LogP contribution in [0.25, 0.3) is 0 Å². The Bertz CT molecular complexity index is 805. The number of rotatable bonds is 7. The van der Waals surface area contributed by atoms with Crippen molar-refractivity contribution in [3.05, 3.63) is 59.7 Å². The normalized spacial score (nSPS) is 14.7. The first-order chi connectivity index (χ1) is 12.8. The molecular formula is C23H24N2O2. The van der Waals surface area contributed by atoms with Crippen LogP contribution in [0, 0.1) is 24.7 Å². The van der Waals surface area contributed by atoms with Gasteiger partial charge >= 0.3 is 5.97 Å². The van der Waals surface area contributed by atoms with E-state index in [1.54, 1.807) is 6.92 Å². The second-order valence-corrected chi connectivity index (χ2v) is 6.65. The third-order valence-electron chi connectivity index (χ3n) is 4.62. The van der Waals surface area contributed by atoms with E-state index in [1.165, 1.54) is 0 Å². The number of carboxylic acid groups (broad SMARTS) is 1. The van der Waals surface area contributed by atoms with Gasteiger partial charge in [0, 0.05) is 11.4 Å². The zero-order valence-electron chi connectivity index (χ0n) is 15.8. The Kier molecular flexibility index (Phi) is 6.16. The van der Waals surface area contributed by atoms with Gasteiger partial charge in [0.25, 0.3) is 0 Å². The van der Waals surface area contributed by atoms with Crippen molar-refractivity contribution in [1.29, 1.82) is 0 Å². The van der Waals surface area contributed by atoms with E-state index in [-0.39, 0.29) is 12.1 Å². The van der Waals surface area contributed by atoms with Crippen LogP contribution >= 0.6 is 0 Å². The molecule has 0 fully saturated rings. The third-order valence-corrected chi connectivity index (χ3v) is 4.62. The summed E-state index contributed by atoms with van der Waals surface area (Å²) in [6.07, 6.45) is 10.8. The smallest absolute Gasteiger partial charge is 0.318 e. The lowest BCUT2D eigenvalue weighted by molar-refractivity contribution is -0.141. The SMILES string of the molecule is C#CC(C)Nc1ccc(C(C)(C(=O)O)c2ccc(NC(C)C#C)cc2)cc1. The van der Waals surface area contributed by atoms with E-state index in [9.17, 15) is 9.90 Å². The maximum atomic E-state index is 12.2. The second kappa shape index (κ2) is 8.34. The molecule has 0 radical (unpaired) electrons. The molecule has 3 N–H and O–H groups in total. The van der Waals surface area contributed by atoms with Gasteiger partial charge in [-0.1, -0.05) is 36.1 Å². The Morgan fingerprint density at radius 1 is 0.889 bits per heavy atom. The van der Waals surface area contributed by atoms with Crippen molar-refractivity contribution in [2.45, 2.75) is 38.3 Å². The molecule has 4 nitrogen and oxygen atoms in total. The topological polar surface area (TPSA) is 61.4 Å². The van der Waals surface area contributed by atoms with Gasteiger partial charge in [-0.2, -0.15) is 0 Å². The molecule has 138 valence electrons. The lowest BCUT2D eigenvalue weighted by Gasteiger charge is -2.27. The number of nitrogens with one attached hydrogen (secondary N) is 2. The summed E-state index contributed by atoms with van der Waals surface area (Å²) in [4.78, 5) is 12.2. The first kappa shape index (κ1) is 19.9. The number of terminal acetylenes is 2. The molecule has 0 aliphatic heterocycles. The molecule has 0 spiro atoms. The second-order valence-electron chi connectivity index (χ2n) is 6.65. The molecule has 4 heteroatoms. The van der Waals surface area contributed by atoms with Gasteiger partial charge < -0.3 is 15.7 Å². The molecule has 0 amide bonds. The van der Waals surface area contributed by atoms with E-state index in [4.69, 9.17) is 12.8 Å². The van der Waals surface area contributed by atoms with Gasteiger partial charge in [-0.15, -0.1) is 12.8 Å². The Morgan fingerprint density at radius 2 is 1.22 bits per heavy atom. The Labute approximate surface area is 161 Å². The number of carbonyl (C=O) groups is 1. The number of aliphatic carboxylic acids is 1. The van der Waals surface area contributed by atoms with E-state index >= 15 is 0 Å². The van der Waals surface area contributed by atoms with Crippen molar-refractivity contribution in [3.63, 3.8) is 0 Å². The van der Waals surface area contributed by atoms with Gasteiger partial charge in [0.2, 0.25) is 0 Å². The van der Waals surface area contributed by atoms with Crippen LogP contribution in [0.15, 0.2) is 48.5 Å². The van der Waals surface area contributed by atoms with Gasteiger partial charge in [0.05, 0.1) is 12.1 Å². The van der Waals surface area contributed by atoms with Crippen molar-refractivity contribution in [3.8, 4) is 24.7 Å². The van der Waals surface area contributed by atoms with E-state index in [2.05, 4.69) is 22.5 Å². The predicted molar refractivity (Wildman–Crippen MR) is 111 cm³/mol. The van der Waals surface area contributed by atoms with Crippen LogP contribution in [-0.4, -0.2) is 23.2 Å². The van der Waals surface area contributed by atoms with Crippen LogP contribution in [0.1, 0.15) is 31.9 Å². The highest BCUT2D eigenvalue weighted by Gasteiger charge is 2.37. The monoisotopic (exact) mass is 360 g/mol. The minimum absolute atomic E-state index is 0.104. The molecule has 0 heterocycles. The Morgan fingerprint density at radius 3 is 1.48 bits per heavy atom. The van der Waals surface area contributed by atoms with E-state index < -0.39 is 11.4 Å². The average Bonchev–Trinajstić information content (AvgIpc) is 2.68. The number of hydrogen-bond donors (Lipinski definition) is 3. The van der Waals surface area contributed by atoms with Crippen LogP contribution < -0.4 is 10.6 Å². The largest absolute Gasteiger partial charge is 0.480 e. The van der Waals surface area contributed by atoms with Crippen molar-refractivity contribution in [2.24, 2.45) is 0 Å². The highest BCUT2D eigenvalue weighted by Crippen LogP contribution is 2.34. The molecular weight excluding hydrogens is 336 g/mol. The summed E-state index contributed by atoms with van der Waals surface area (Å²) in [6, 6.07) is 14.4. The molecule has 2 aromatic rings. The van der Waals surface area contributed by atoms with Crippen LogP contribution in [0.4, 0.5) is 11.4 Å². The van der Waals surface area contributed by atoms with Gasteiger partial charge in [-0.25, -0.2) is 0 Å². The Hall–Kier alpha value is -3.37. The van der Waals surface area contributed by atoms with Gasteiger partial charge in [0.15, 0.2) is 0 Å². The molecule has 2 aromatic carbocycles. The lowest BCUT2D eigenvalue weighted by atomic mass is 9.76. The molecule has 2 atom stereocenters. The fourth-order valence-corrected chi connectivity index (χ4v) is 2.80. The predicted octanol–water partition coefficient (Wildman–Crippen LogP) is 3.94. The zero-order chi connectivity index (χ0) is 20.0. The molecule has 0 saturated carbocycles. The molecule has 0 aliphatic rings. The molecule has 2 rings (SSSR count). The quantitative estimate of drug-likeness (QED) is 0.655. The van der Waals surface area contributed by atoms with Crippen molar-refractivity contribution < 1.29 is 9.90 Å². The maximum Gasteiger partial charge on any atom is 0.318 e. The van der Waals surface area contributed by atoms with Crippen LogP contribution in [0.5, 0.6) is 0 Å². The molecule has 27 heavy (non-hydrogen) atoms. The minimum Gasteiger partial charge on any atom is -0.480 e. The van der Waals surface area contributed by atoms with Crippen LogP contribution in [0.2, 0.25) is 0 Å². The first-order valence-electron chi connectivity index (χ1n) is 8.71. The number of hydrogen-bond acceptors (Lipinski definition) is 3. The molecule has 0 aromatic heterocycles. The summed E-state index contributed by atoms with van der Waals surface area (Å²) >= 11 is 0. The van der Waals surface area contributed by atoms with Gasteiger partial charge in [-0.05, 0) is 56.2 Å². The fourth-order valence-electron chi connectivity index (χ4n) is 2.80. The summed E-state index contributed by atoms with van der Waals surface area (Å²) in [6.45, 7) is 5.46.